The summed E-state index contributed by atoms with van der Waals surface area (Å²) in [4.78, 5) is 37.7. The van der Waals surface area contributed by atoms with E-state index >= 15 is 0 Å². The maximum atomic E-state index is 13.1. The van der Waals surface area contributed by atoms with Crippen LogP contribution in [0.1, 0.15) is 34.8 Å². The summed E-state index contributed by atoms with van der Waals surface area (Å²) in [7, 11) is 0. The molecule has 6 rings (SSSR count). The highest BCUT2D eigenvalue weighted by Crippen LogP contribution is 2.33. The number of anilines is 1. The number of aromatic nitrogens is 2. The number of aliphatic hydroxyl groups is 1. The number of furan rings is 1. The Kier molecular flexibility index (Phi) is 6.51. The summed E-state index contributed by atoms with van der Waals surface area (Å²) in [6, 6.07) is 18.5. The van der Waals surface area contributed by atoms with Gasteiger partial charge in [-0.1, -0.05) is 42.5 Å². The molecule has 2 aliphatic rings. The Morgan fingerprint density at radius 1 is 0.974 bits per heavy atom. The van der Waals surface area contributed by atoms with Gasteiger partial charge in [0.05, 0.1) is 12.6 Å². The molecule has 2 amide bonds. The van der Waals surface area contributed by atoms with E-state index in [1.54, 1.807) is 12.1 Å². The molecule has 2 fully saturated rings. The van der Waals surface area contributed by atoms with Crippen LogP contribution < -0.4 is 5.32 Å². The van der Waals surface area contributed by atoms with Crippen molar-refractivity contribution in [2.24, 2.45) is 5.92 Å². The standard InChI is InChI=1S/C29H29N5O4/c35-17-24(19-4-2-1-3-5-19)32-27-26-23(30-18-31-27)16-25(38-26)20-6-8-21(9-7-20)28(36)33-12-14-34(15-13-33)29(37)22-10-11-22/h1-9,16,18,22,24,35H,10-15,17H2,(H,30,31,32). The van der Waals surface area contributed by atoms with Crippen molar-refractivity contribution < 1.29 is 19.1 Å². The Balaban J connectivity index is 1.16. The second-order valence-corrected chi connectivity index (χ2v) is 9.81. The van der Waals surface area contributed by atoms with Crippen molar-refractivity contribution >= 4 is 28.7 Å². The van der Waals surface area contributed by atoms with Crippen LogP contribution in [0.3, 0.4) is 0 Å². The molecule has 1 saturated carbocycles. The van der Waals surface area contributed by atoms with E-state index in [1.807, 2.05) is 58.3 Å². The number of aliphatic hydroxyl groups excluding tert-OH is 1. The third kappa shape index (κ3) is 4.84. The average molecular weight is 512 g/mol. The molecule has 0 spiro atoms. The molecule has 1 aliphatic carbocycles. The molecule has 9 heteroatoms. The summed E-state index contributed by atoms with van der Waals surface area (Å²) in [6.45, 7) is 2.18. The van der Waals surface area contributed by atoms with Crippen molar-refractivity contribution in [3.63, 3.8) is 0 Å². The molecule has 1 atom stereocenters. The number of carbonyl (C=O) groups is 2. The first-order valence-electron chi connectivity index (χ1n) is 13.0. The second kappa shape index (κ2) is 10.3. The molecule has 1 aliphatic heterocycles. The molecule has 38 heavy (non-hydrogen) atoms. The highest BCUT2D eigenvalue weighted by atomic mass is 16.3. The first-order chi connectivity index (χ1) is 18.6. The quantitative estimate of drug-likeness (QED) is 0.389. The second-order valence-electron chi connectivity index (χ2n) is 9.81. The Morgan fingerprint density at radius 3 is 2.37 bits per heavy atom. The number of piperazine rings is 1. The molecule has 0 radical (unpaired) electrons. The molecule has 3 heterocycles. The van der Waals surface area contributed by atoms with Gasteiger partial charge in [0.1, 0.15) is 17.6 Å². The number of hydrogen-bond donors (Lipinski definition) is 2. The predicted octanol–water partition coefficient (Wildman–Crippen LogP) is 3.73. The number of amides is 2. The van der Waals surface area contributed by atoms with Crippen LogP contribution in [0.4, 0.5) is 5.82 Å². The van der Waals surface area contributed by atoms with Gasteiger partial charge in [0.2, 0.25) is 5.91 Å². The van der Waals surface area contributed by atoms with Crippen molar-refractivity contribution in [2.45, 2.75) is 18.9 Å². The van der Waals surface area contributed by atoms with Crippen LogP contribution in [0.15, 0.2) is 71.4 Å². The van der Waals surface area contributed by atoms with Gasteiger partial charge in [-0.2, -0.15) is 0 Å². The summed E-state index contributed by atoms with van der Waals surface area (Å²) in [5.41, 5.74) is 3.48. The zero-order valence-electron chi connectivity index (χ0n) is 20.9. The van der Waals surface area contributed by atoms with Crippen molar-refractivity contribution in [1.82, 2.24) is 19.8 Å². The first kappa shape index (κ1) is 24.1. The monoisotopic (exact) mass is 511 g/mol. The fourth-order valence-corrected chi connectivity index (χ4v) is 4.86. The van der Waals surface area contributed by atoms with Crippen molar-refractivity contribution in [1.29, 1.82) is 0 Å². The minimum Gasteiger partial charge on any atom is -0.450 e. The van der Waals surface area contributed by atoms with Crippen LogP contribution >= 0.6 is 0 Å². The lowest BCUT2D eigenvalue weighted by molar-refractivity contribution is -0.134. The number of rotatable bonds is 7. The maximum Gasteiger partial charge on any atom is 0.253 e. The van der Waals surface area contributed by atoms with E-state index in [0.29, 0.717) is 54.4 Å². The van der Waals surface area contributed by atoms with Crippen LogP contribution in [-0.2, 0) is 4.79 Å². The summed E-state index contributed by atoms with van der Waals surface area (Å²) in [5, 5.41) is 13.2. The highest BCUT2D eigenvalue weighted by Gasteiger charge is 2.35. The number of nitrogens with one attached hydrogen (secondary N) is 1. The molecular formula is C29H29N5O4. The highest BCUT2D eigenvalue weighted by molar-refractivity contribution is 5.95. The smallest absolute Gasteiger partial charge is 0.253 e. The molecule has 2 aromatic carbocycles. The molecule has 2 aromatic heterocycles. The summed E-state index contributed by atoms with van der Waals surface area (Å²) >= 11 is 0. The van der Waals surface area contributed by atoms with Gasteiger partial charge >= 0.3 is 0 Å². The Labute approximate surface area is 220 Å². The largest absolute Gasteiger partial charge is 0.450 e. The summed E-state index contributed by atoms with van der Waals surface area (Å²) in [5.74, 6) is 1.52. The van der Waals surface area contributed by atoms with Crippen LogP contribution in [0.2, 0.25) is 0 Å². The van der Waals surface area contributed by atoms with E-state index in [0.717, 1.165) is 24.0 Å². The number of nitrogens with zero attached hydrogens (tertiary/aromatic N) is 4. The van der Waals surface area contributed by atoms with Crippen LogP contribution in [0.5, 0.6) is 0 Å². The minimum atomic E-state index is -0.346. The van der Waals surface area contributed by atoms with E-state index in [9.17, 15) is 14.7 Å². The topological polar surface area (TPSA) is 112 Å². The molecule has 4 aromatic rings. The molecule has 1 unspecified atom stereocenters. The Bertz CT molecular complexity index is 1440. The van der Waals surface area contributed by atoms with E-state index < -0.39 is 0 Å². The van der Waals surface area contributed by atoms with Crippen LogP contribution in [-0.4, -0.2) is 69.5 Å². The lowest BCUT2D eigenvalue weighted by Crippen LogP contribution is -2.51. The molecular weight excluding hydrogens is 482 g/mol. The van der Waals surface area contributed by atoms with Crippen molar-refractivity contribution in [3.8, 4) is 11.3 Å². The molecule has 1 saturated heterocycles. The van der Waals surface area contributed by atoms with E-state index in [1.165, 1.54) is 6.33 Å². The number of fused-ring (bicyclic) bond motifs is 1. The van der Waals surface area contributed by atoms with Crippen molar-refractivity contribution in [3.05, 3.63) is 78.1 Å². The SMILES string of the molecule is O=C(c1ccc(-c2cc3ncnc(NC(CO)c4ccccc4)c3o2)cc1)N1CCN(C(=O)C2CC2)CC1. The third-order valence-corrected chi connectivity index (χ3v) is 7.23. The van der Waals surface area contributed by atoms with Gasteiger partial charge in [0, 0.05) is 49.3 Å². The lowest BCUT2D eigenvalue weighted by Gasteiger charge is -2.35. The fourth-order valence-electron chi connectivity index (χ4n) is 4.86. The summed E-state index contributed by atoms with van der Waals surface area (Å²) in [6.07, 6.45) is 3.46. The van der Waals surface area contributed by atoms with Crippen LogP contribution in [0, 0.1) is 5.92 Å². The zero-order chi connectivity index (χ0) is 26.1. The molecule has 0 bridgehead atoms. The van der Waals surface area contributed by atoms with E-state index in [2.05, 4.69) is 15.3 Å². The predicted molar refractivity (Wildman–Crippen MR) is 142 cm³/mol. The molecule has 9 nitrogen and oxygen atoms in total. The molecule has 2 N–H and O–H groups in total. The number of carbonyl (C=O) groups excluding carboxylic acids is 2. The van der Waals surface area contributed by atoms with Gasteiger partial charge in [-0.15, -0.1) is 0 Å². The minimum absolute atomic E-state index is 0.0343. The van der Waals surface area contributed by atoms with Gasteiger partial charge in [0.15, 0.2) is 11.4 Å². The van der Waals surface area contributed by atoms with Gasteiger partial charge in [-0.05, 0) is 30.5 Å². The lowest BCUT2D eigenvalue weighted by atomic mass is 10.1. The van der Waals surface area contributed by atoms with Crippen LogP contribution in [0.25, 0.3) is 22.4 Å². The van der Waals surface area contributed by atoms with E-state index in [4.69, 9.17) is 4.42 Å². The first-order valence-corrected chi connectivity index (χ1v) is 13.0. The molecule has 194 valence electrons. The maximum absolute atomic E-state index is 13.1. The zero-order valence-corrected chi connectivity index (χ0v) is 20.9. The summed E-state index contributed by atoms with van der Waals surface area (Å²) < 4.78 is 6.14. The van der Waals surface area contributed by atoms with Gasteiger partial charge in [-0.3, -0.25) is 9.59 Å². The Hall–Kier alpha value is -4.24. The fraction of sp³-hybridized carbons (Fsp3) is 0.310. The van der Waals surface area contributed by atoms with Crippen molar-refractivity contribution in [2.75, 3.05) is 38.1 Å². The van der Waals surface area contributed by atoms with Gasteiger partial charge in [-0.25, -0.2) is 9.97 Å². The van der Waals surface area contributed by atoms with E-state index in [-0.39, 0.29) is 30.4 Å². The third-order valence-electron chi connectivity index (χ3n) is 7.23. The number of benzene rings is 2. The number of hydrogen-bond acceptors (Lipinski definition) is 7. The normalized spacial score (nSPS) is 16.4. The average Bonchev–Trinajstić information content (AvgIpc) is 3.73. The van der Waals surface area contributed by atoms with Gasteiger partial charge in [0.25, 0.3) is 5.91 Å². The van der Waals surface area contributed by atoms with Gasteiger partial charge < -0.3 is 24.6 Å². The Morgan fingerprint density at radius 2 is 1.68 bits per heavy atom.